The molecule has 2 aliphatic rings. The number of nitrogens with one attached hydrogen (secondary N) is 1. The zero-order valence-corrected chi connectivity index (χ0v) is 16.7. The molecule has 2 heterocycles. The van der Waals surface area contributed by atoms with Crippen LogP contribution >= 0.6 is 0 Å². The zero-order chi connectivity index (χ0) is 20.0. The first kappa shape index (κ1) is 18.7. The van der Waals surface area contributed by atoms with E-state index in [-0.39, 0.29) is 17.8 Å². The Kier molecular flexibility index (Phi) is 4.69. The number of aryl methyl sites for hydroxylation is 1. The van der Waals surface area contributed by atoms with Gasteiger partial charge in [0.1, 0.15) is 17.5 Å². The van der Waals surface area contributed by atoms with Crippen LogP contribution in [0.2, 0.25) is 0 Å². The number of fused-ring (bicyclic) bond motifs is 1. The van der Waals surface area contributed by atoms with Crippen LogP contribution in [0.25, 0.3) is 0 Å². The van der Waals surface area contributed by atoms with E-state index < -0.39 is 0 Å². The van der Waals surface area contributed by atoms with Crippen LogP contribution in [0, 0.1) is 18.7 Å². The Labute approximate surface area is 164 Å². The molecule has 28 heavy (non-hydrogen) atoms. The normalized spacial score (nSPS) is 24.0. The van der Waals surface area contributed by atoms with Crippen molar-refractivity contribution in [2.45, 2.75) is 45.2 Å². The van der Waals surface area contributed by atoms with Crippen molar-refractivity contribution in [2.75, 3.05) is 29.2 Å². The molecule has 4 rings (SSSR count). The lowest BCUT2D eigenvalue weighted by molar-refractivity contribution is -0.119. The second-order valence-corrected chi connectivity index (χ2v) is 8.00. The zero-order valence-electron chi connectivity index (χ0n) is 16.7. The van der Waals surface area contributed by atoms with E-state index in [1.54, 1.807) is 11.9 Å². The first-order valence-corrected chi connectivity index (χ1v) is 9.73. The predicted molar refractivity (Wildman–Crippen MR) is 108 cm³/mol. The van der Waals surface area contributed by atoms with Crippen LogP contribution in [0.5, 0.6) is 0 Å². The van der Waals surface area contributed by atoms with Gasteiger partial charge in [0.05, 0.1) is 5.69 Å². The minimum absolute atomic E-state index is 0.0463. The van der Waals surface area contributed by atoms with Crippen LogP contribution in [0.4, 0.5) is 21.8 Å². The molecule has 1 amide bonds. The van der Waals surface area contributed by atoms with Gasteiger partial charge in [-0.25, -0.2) is 9.37 Å². The highest BCUT2D eigenvalue weighted by molar-refractivity contribution is 6.04. The molecule has 1 aliphatic carbocycles. The summed E-state index contributed by atoms with van der Waals surface area (Å²) in [4.78, 5) is 25.2. The van der Waals surface area contributed by atoms with Crippen molar-refractivity contribution in [1.82, 2.24) is 9.97 Å². The molecule has 1 aliphatic heterocycles. The average molecular weight is 383 g/mol. The Balaban J connectivity index is 1.42. The molecule has 1 N–H and O–H groups in total. The lowest BCUT2D eigenvalue weighted by Crippen LogP contribution is -2.50. The van der Waals surface area contributed by atoms with Crippen molar-refractivity contribution in [3.63, 3.8) is 0 Å². The Morgan fingerprint density at radius 2 is 1.86 bits per heavy atom. The fraction of sp³-hybridized carbons (Fsp3) is 0.476. The molecule has 0 saturated heterocycles. The molecular weight excluding hydrogens is 357 g/mol. The minimum atomic E-state index is -0.247. The number of carbonyl (C=O) groups is 1. The molecular formula is C21H26FN5O. The maximum absolute atomic E-state index is 13.0. The Morgan fingerprint density at radius 3 is 2.54 bits per heavy atom. The molecule has 1 aromatic heterocycles. The second-order valence-electron chi connectivity index (χ2n) is 8.00. The maximum Gasteiger partial charge on any atom is 0.249 e. The number of likely N-dealkylation sites (N-methyl/N-ethyl adjacent to an activating group) is 2. The number of benzene rings is 1. The van der Waals surface area contributed by atoms with Crippen LogP contribution in [-0.2, 0) is 11.2 Å². The number of hydrogen-bond acceptors (Lipinski definition) is 5. The highest BCUT2D eigenvalue weighted by Crippen LogP contribution is 2.37. The molecule has 7 heteroatoms. The predicted octanol–water partition coefficient (Wildman–Crippen LogP) is 3.16. The largest absolute Gasteiger partial charge is 0.351 e. The lowest BCUT2D eigenvalue weighted by Gasteiger charge is -2.39. The van der Waals surface area contributed by atoms with Crippen molar-refractivity contribution in [2.24, 2.45) is 5.92 Å². The topological polar surface area (TPSA) is 61.4 Å². The molecule has 0 bridgehead atoms. The lowest BCUT2D eigenvalue weighted by atomic mass is 9.77. The van der Waals surface area contributed by atoms with Gasteiger partial charge in [0, 0.05) is 20.1 Å². The summed E-state index contributed by atoms with van der Waals surface area (Å²) >= 11 is 0. The van der Waals surface area contributed by atoms with Gasteiger partial charge in [-0.1, -0.05) is 12.1 Å². The Bertz CT molecular complexity index is 894. The van der Waals surface area contributed by atoms with E-state index in [1.807, 2.05) is 37.9 Å². The van der Waals surface area contributed by atoms with Gasteiger partial charge in [0.15, 0.2) is 5.82 Å². The first-order chi connectivity index (χ1) is 13.3. The molecule has 0 radical (unpaired) electrons. The first-order valence-electron chi connectivity index (χ1n) is 9.73. The standard InChI is InChI=1S/C21H26FN5O/c1-12-18-19(26(3)13(2)20(28)27(18)4)25-21(23-12)24-17-10-15(11-17)9-14-5-7-16(22)8-6-14/h5-8,13,15,17H,9-11H2,1-4H3,(H,23,24,25)/t13-,15-,17-/m0/s1. The Hall–Kier alpha value is -2.70. The fourth-order valence-corrected chi connectivity index (χ4v) is 4.15. The molecule has 148 valence electrons. The summed E-state index contributed by atoms with van der Waals surface area (Å²) < 4.78 is 13.0. The second kappa shape index (κ2) is 7.04. The Morgan fingerprint density at radius 1 is 1.18 bits per heavy atom. The van der Waals surface area contributed by atoms with Gasteiger partial charge in [-0.2, -0.15) is 4.98 Å². The van der Waals surface area contributed by atoms with E-state index in [9.17, 15) is 9.18 Å². The summed E-state index contributed by atoms with van der Waals surface area (Å²) in [6.45, 7) is 3.80. The van der Waals surface area contributed by atoms with Gasteiger partial charge < -0.3 is 15.1 Å². The van der Waals surface area contributed by atoms with Gasteiger partial charge in [0.2, 0.25) is 11.9 Å². The summed E-state index contributed by atoms with van der Waals surface area (Å²) in [6, 6.07) is 6.86. The van der Waals surface area contributed by atoms with Crippen molar-refractivity contribution < 1.29 is 9.18 Å². The van der Waals surface area contributed by atoms with Crippen LogP contribution < -0.4 is 15.1 Å². The van der Waals surface area contributed by atoms with E-state index >= 15 is 0 Å². The fourth-order valence-electron chi connectivity index (χ4n) is 4.15. The monoisotopic (exact) mass is 383 g/mol. The number of aromatic nitrogens is 2. The van der Waals surface area contributed by atoms with Crippen molar-refractivity contribution in [1.29, 1.82) is 0 Å². The van der Waals surface area contributed by atoms with E-state index in [1.165, 1.54) is 17.7 Å². The van der Waals surface area contributed by atoms with Crippen molar-refractivity contribution in [3.8, 4) is 0 Å². The third-order valence-electron chi connectivity index (χ3n) is 5.98. The van der Waals surface area contributed by atoms with Crippen LogP contribution in [-0.4, -0.2) is 42.1 Å². The summed E-state index contributed by atoms with van der Waals surface area (Å²) in [5.41, 5.74) is 2.75. The molecule has 1 atom stereocenters. The molecule has 0 unspecified atom stereocenters. The number of anilines is 3. The molecule has 1 aromatic carbocycles. The van der Waals surface area contributed by atoms with Crippen LogP contribution in [0.15, 0.2) is 24.3 Å². The third kappa shape index (κ3) is 3.30. The van der Waals surface area contributed by atoms with E-state index in [0.29, 0.717) is 17.9 Å². The molecule has 2 aromatic rings. The van der Waals surface area contributed by atoms with Gasteiger partial charge in [-0.3, -0.25) is 4.79 Å². The van der Waals surface area contributed by atoms with Gasteiger partial charge in [-0.05, 0) is 56.7 Å². The number of carbonyl (C=O) groups excluding carboxylic acids is 1. The number of halogens is 1. The smallest absolute Gasteiger partial charge is 0.249 e. The SMILES string of the molecule is Cc1nc(N[C@H]2C[C@H](Cc3ccc(F)cc3)C2)nc2c1N(C)C(=O)[C@H](C)N2C. The number of rotatable bonds is 4. The molecule has 6 nitrogen and oxygen atoms in total. The van der Waals surface area contributed by atoms with Gasteiger partial charge >= 0.3 is 0 Å². The summed E-state index contributed by atoms with van der Waals surface area (Å²) in [6.07, 6.45) is 3.05. The highest BCUT2D eigenvalue weighted by atomic mass is 19.1. The summed E-state index contributed by atoms with van der Waals surface area (Å²) in [7, 11) is 3.67. The highest BCUT2D eigenvalue weighted by Gasteiger charge is 2.35. The molecule has 0 spiro atoms. The number of nitrogens with zero attached hydrogens (tertiary/aromatic N) is 4. The molecule has 1 fully saturated rings. The van der Waals surface area contributed by atoms with Crippen molar-refractivity contribution >= 4 is 23.4 Å². The van der Waals surface area contributed by atoms with Gasteiger partial charge in [0.25, 0.3) is 0 Å². The van der Waals surface area contributed by atoms with E-state index in [4.69, 9.17) is 4.98 Å². The van der Waals surface area contributed by atoms with E-state index in [2.05, 4.69) is 10.3 Å². The minimum Gasteiger partial charge on any atom is -0.351 e. The average Bonchev–Trinajstić information content (AvgIpc) is 2.64. The maximum atomic E-state index is 13.0. The summed E-state index contributed by atoms with van der Waals surface area (Å²) in [5, 5.41) is 3.44. The molecule has 1 saturated carbocycles. The number of amides is 1. The number of hydrogen-bond donors (Lipinski definition) is 1. The van der Waals surface area contributed by atoms with Gasteiger partial charge in [-0.15, -0.1) is 0 Å². The van der Waals surface area contributed by atoms with Crippen molar-refractivity contribution in [3.05, 3.63) is 41.3 Å². The van der Waals surface area contributed by atoms with E-state index in [0.717, 1.165) is 36.5 Å². The van der Waals surface area contributed by atoms with Crippen LogP contribution in [0.3, 0.4) is 0 Å². The summed E-state index contributed by atoms with van der Waals surface area (Å²) in [5.74, 6) is 1.84. The van der Waals surface area contributed by atoms with Crippen LogP contribution in [0.1, 0.15) is 31.0 Å². The quantitative estimate of drug-likeness (QED) is 0.879. The third-order valence-corrected chi connectivity index (χ3v) is 5.98.